The molecule has 1 aromatic heterocycles. The summed E-state index contributed by atoms with van der Waals surface area (Å²) in [5.41, 5.74) is 5.57. The lowest BCUT2D eigenvalue weighted by Crippen LogP contribution is -2.37. The van der Waals surface area contributed by atoms with E-state index in [0.29, 0.717) is 24.5 Å². The molecular weight excluding hydrogens is 390 g/mol. The summed E-state index contributed by atoms with van der Waals surface area (Å²) in [5, 5.41) is 12.1. The van der Waals surface area contributed by atoms with E-state index in [0.717, 1.165) is 6.42 Å². The van der Waals surface area contributed by atoms with Gasteiger partial charge in [0.1, 0.15) is 11.1 Å². The van der Waals surface area contributed by atoms with Crippen molar-refractivity contribution in [3.05, 3.63) is 16.1 Å². The Hall–Kier alpha value is -1.51. The van der Waals surface area contributed by atoms with E-state index in [2.05, 4.69) is 32.7 Å². The predicted molar refractivity (Wildman–Crippen MR) is 120 cm³/mol. The van der Waals surface area contributed by atoms with Crippen molar-refractivity contribution in [2.75, 3.05) is 26.2 Å². The SMILES string of the molecule is CCC.CCCC.CCCN(CCC(O)c1nc(C(=O)OCC)cs1)C(=O)CN. The number of unbranched alkanes of at least 4 members (excludes halogenated alkanes) is 1. The van der Waals surface area contributed by atoms with E-state index < -0.39 is 12.1 Å². The molecule has 0 saturated heterocycles. The van der Waals surface area contributed by atoms with Gasteiger partial charge in [-0.3, -0.25) is 4.79 Å². The molecule has 1 amide bonds. The molecule has 1 unspecified atom stereocenters. The van der Waals surface area contributed by atoms with Crippen molar-refractivity contribution in [1.29, 1.82) is 0 Å². The lowest BCUT2D eigenvalue weighted by Gasteiger charge is -2.22. The largest absolute Gasteiger partial charge is 0.461 e. The molecule has 0 spiro atoms. The highest BCUT2D eigenvalue weighted by molar-refractivity contribution is 7.09. The molecule has 29 heavy (non-hydrogen) atoms. The maximum atomic E-state index is 11.7. The first-order valence-electron chi connectivity index (χ1n) is 10.6. The summed E-state index contributed by atoms with van der Waals surface area (Å²) >= 11 is 1.20. The third kappa shape index (κ3) is 14.2. The molecule has 0 saturated carbocycles. The van der Waals surface area contributed by atoms with E-state index in [-0.39, 0.29) is 24.8 Å². The predicted octanol–water partition coefficient (Wildman–Crippen LogP) is 4.16. The summed E-state index contributed by atoms with van der Waals surface area (Å²) in [7, 11) is 0. The van der Waals surface area contributed by atoms with Gasteiger partial charge >= 0.3 is 5.97 Å². The van der Waals surface area contributed by atoms with Crippen LogP contribution in [-0.2, 0) is 9.53 Å². The fraction of sp³-hybridized carbons (Fsp3) is 0.762. The van der Waals surface area contributed by atoms with Gasteiger partial charge in [0.15, 0.2) is 5.69 Å². The topological polar surface area (TPSA) is 106 Å². The molecule has 0 radical (unpaired) electrons. The fourth-order valence-corrected chi connectivity index (χ4v) is 2.71. The summed E-state index contributed by atoms with van der Waals surface area (Å²) in [6.07, 6.45) is 4.24. The number of ether oxygens (including phenoxy) is 1. The maximum absolute atomic E-state index is 11.7. The van der Waals surface area contributed by atoms with Crippen molar-refractivity contribution in [2.24, 2.45) is 5.73 Å². The van der Waals surface area contributed by atoms with E-state index in [1.54, 1.807) is 17.2 Å². The smallest absolute Gasteiger partial charge is 0.357 e. The van der Waals surface area contributed by atoms with E-state index >= 15 is 0 Å². The number of aromatic nitrogens is 1. The number of nitrogens with two attached hydrogens (primary N) is 1. The minimum absolute atomic E-state index is 0.0413. The van der Waals surface area contributed by atoms with Crippen molar-refractivity contribution >= 4 is 23.2 Å². The molecular formula is C21H41N3O4S. The molecule has 0 aromatic carbocycles. The minimum Gasteiger partial charge on any atom is -0.461 e. The summed E-state index contributed by atoms with van der Waals surface area (Å²) in [6, 6.07) is 0. The van der Waals surface area contributed by atoms with E-state index in [9.17, 15) is 14.7 Å². The Balaban J connectivity index is 0. The van der Waals surface area contributed by atoms with Crippen LogP contribution in [0.15, 0.2) is 5.38 Å². The maximum Gasteiger partial charge on any atom is 0.357 e. The molecule has 1 atom stereocenters. The van der Waals surface area contributed by atoms with Crippen LogP contribution in [-0.4, -0.2) is 53.1 Å². The Morgan fingerprint density at radius 3 is 2.17 bits per heavy atom. The number of carbonyl (C=O) groups is 2. The molecule has 1 heterocycles. The molecule has 8 heteroatoms. The molecule has 1 aromatic rings. The van der Waals surface area contributed by atoms with Crippen LogP contribution in [0.1, 0.15) is 95.2 Å². The first kappa shape index (κ1) is 29.7. The quantitative estimate of drug-likeness (QED) is 0.539. The monoisotopic (exact) mass is 431 g/mol. The van der Waals surface area contributed by atoms with Crippen molar-refractivity contribution in [2.45, 2.75) is 79.8 Å². The van der Waals surface area contributed by atoms with Gasteiger partial charge in [0.05, 0.1) is 13.2 Å². The van der Waals surface area contributed by atoms with Crippen LogP contribution in [0.2, 0.25) is 0 Å². The van der Waals surface area contributed by atoms with Gasteiger partial charge in [-0.25, -0.2) is 9.78 Å². The molecule has 0 aliphatic heterocycles. The third-order valence-electron chi connectivity index (χ3n) is 3.48. The molecule has 170 valence electrons. The van der Waals surface area contributed by atoms with Crippen molar-refractivity contribution in [3.63, 3.8) is 0 Å². The molecule has 0 aliphatic rings. The van der Waals surface area contributed by atoms with Gasteiger partial charge in [0, 0.05) is 18.5 Å². The number of thiazole rings is 1. The molecule has 0 fully saturated rings. The van der Waals surface area contributed by atoms with Gasteiger partial charge < -0.3 is 20.5 Å². The number of aliphatic hydroxyl groups is 1. The standard InChI is InChI=1S/C14H23N3O4S.C4H10.C3H8/c1-3-6-17(12(19)8-15)7-5-11(18)13-16-10(9-22-13)14(20)21-4-2;1-3-4-2;1-3-2/h9,11,18H,3-8,15H2,1-2H3;3-4H2,1-2H3;3H2,1-2H3. The second-order valence-electron chi connectivity index (χ2n) is 6.39. The zero-order chi connectivity index (χ0) is 22.7. The van der Waals surface area contributed by atoms with E-state index in [4.69, 9.17) is 10.5 Å². The molecule has 3 N–H and O–H groups in total. The van der Waals surface area contributed by atoms with Crippen molar-refractivity contribution in [1.82, 2.24) is 9.88 Å². The van der Waals surface area contributed by atoms with Gasteiger partial charge in [-0.2, -0.15) is 0 Å². The normalized spacial score (nSPS) is 10.8. The number of rotatable bonds is 10. The van der Waals surface area contributed by atoms with Crippen LogP contribution in [0.3, 0.4) is 0 Å². The Labute approximate surface area is 180 Å². The Bertz CT molecular complexity index is 536. The highest BCUT2D eigenvalue weighted by Gasteiger charge is 2.19. The highest BCUT2D eigenvalue weighted by Crippen LogP contribution is 2.22. The number of aliphatic hydroxyl groups excluding tert-OH is 1. The van der Waals surface area contributed by atoms with Gasteiger partial charge in [0.2, 0.25) is 5.91 Å². The van der Waals surface area contributed by atoms with Crippen LogP contribution in [0, 0.1) is 0 Å². The summed E-state index contributed by atoms with van der Waals surface area (Å²) in [4.78, 5) is 28.9. The average Bonchev–Trinajstić information content (AvgIpc) is 3.22. The van der Waals surface area contributed by atoms with Crippen LogP contribution in [0.4, 0.5) is 0 Å². The van der Waals surface area contributed by atoms with Crippen molar-refractivity contribution < 1.29 is 19.4 Å². The zero-order valence-electron chi connectivity index (χ0n) is 19.1. The fourth-order valence-electron chi connectivity index (χ4n) is 1.90. The third-order valence-corrected chi connectivity index (χ3v) is 4.43. The number of hydrogen-bond acceptors (Lipinski definition) is 7. The van der Waals surface area contributed by atoms with Crippen LogP contribution in [0.5, 0.6) is 0 Å². The van der Waals surface area contributed by atoms with Crippen LogP contribution < -0.4 is 5.73 Å². The lowest BCUT2D eigenvalue weighted by atomic mass is 10.2. The summed E-state index contributed by atoms with van der Waals surface area (Å²) < 4.78 is 4.85. The van der Waals surface area contributed by atoms with Gasteiger partial charge in [-0.15, -0.1) is 11.3 Å². The molecule has 7 nitrogen and oxygen atoms in total. The first-order valence-corrected chi connectivity index (χ1v) is 11.5. The number of hydrogen-bond donors (Lipinski definition) is 2. The Kier molecular flexibility index (Phi) is 20.3. The number of esters is 1. The zero-order valence-corrected chi connectivity index (χ0v) is 19.9. The van der Waals surface area contributed by atoms with Crippen LogP contribution >= 0.6 is 11.3 Å². The van der Waals surface area contributed by atoms with Gasteiger partial charge in [-0.05, 0) is 19.8 Å². The Morgan fingerprint density at radius 1 is 1.14 bits per heavy atom. The summed E-state index contributed by atoms with van der Waals surface area (Å²) in [6.45, 7) is 13.5. The number of carbonyl (C=O) groups excluding carboxylic acids is 2. The second kappa shape index (κ2) is 19.8. The molecule has 0 aliphatic carbocycles. The minimum atomic E-state index is -0.821. The lowest BCUT2D eigenvalue weighted by molar-refractivity contribution is -0.130. The number of amides is 1. The second-order valence-corrected chi connectivity index (χ2v) is 7.28. The Morgan fingerprint density at radius 2 is 1.72 bits per heavy atom. The summed E-state index contributed by atoms with van der Waals surface area (Å²) in [5.74, 6) is -0.636. The molecule has 0 bridgehead atoms. The highest BCUT2D eigenvalue weighted by atomic mass is 32.1. The van der Waals surface area contributed by atoms with E-state index in [1.807, 2.05) is 6.92 Å². The van der Waals surface area contributed by atoms with Gasteiger partial charge in [0.25, 0.3) is 0 Å². The van der Waals surface area contributed by atoms with E-state index in [1.165, 1.54) is 30.6 Å². The van der Waals surface area contributed by atoms with Gasteiger partial charge in [-0.1, -0.05) is 53.9 Å². The number of nitrogens with zero attached hydrogens (tertiary/aromatic N) is 2. The van der Waals surface area contributed by atoms with Crippen LogP contribution in [0.25, 0.3) is 0 Å². The van der Waals surface area contributed by atoms with Crippen molar-refractivity contribution in [3.8, 4) is 0 Å². The average molecular weight is 432 g/mol. The molecule has 1 rings (SSSR count). The first-order chi connectivity index (χ1) is 13.9.